The molecule has 8 heteroatoms. The molecule has 1 aromatic carbocycles. The summed E-state index contributed by atoms with van der Waals surface area (Å²) < 4.78 is 23.4. The molecule has 25 heavy (non-hydrogen) atoms. The summed E-state index contributed by atoms with van der Waals surface area (Å²) in [6.45, 7) is 6.14. The summed E-state index contributed by atoms with van der Waals surface area (Å²) in [4.78, 5) is 4.10. The molecule has 1 rings (SSSR count). The third-order valence-electron chi connectivity index (χ3n) is 3.75. The van der Waals surface area contributed by atoms with Crippen LogP contribution in [0.1, 0.15) is 32.8 Å². The van der Waals surface area contributed by atoms with Crippen LogP contribution in [0, 0.1) is 0 Å². The molecule has 0 amide bonds. The van der Waals surface area contributed by atoms with E-state index in [0.717, 1.165) is 18.4 Å². The first kappa shape index (κ1) is 22.1. The van der Waals surface area contributed by atoms with Crippen molar-refractivity contribution in [3.63, 3.8) is 0 Å². The van der Waals surface area contributed by atoms with E-state index in [-0.39, 0.29) is 5.75 Å². The summed E-state index contributed by atoms with van der Waals surface area (Å²) in [5.74, 6) is 0.656. The monoisotopic (exact) mass is 407 g/mol. The van der Waals surface area contributed by atoms with Crippen LogP contribution in [0.15, 0.2) is 23.2 Å². The highest BCUT2D eigenvalue weighted by molar-refractivity contribution is 7.92. The average Bonchev–Trinajstić information content (AvgIpc) is 2.50. The Hall–Kier alpha value is -0.980. The molecule has 0 aliphatic carbocycles. The lowest BCUT2D eigenvalue weighted by molar-refractivity contribution is 0.559. The summed E-state index contributed by atoms with van der Waals surface area (Å²) in [6.07, 6.45) is 1.68. The number of hydrogen-bond donors (Lipinski definition) is 2. The minimum absolute atomic E-state index is 0.0670. The Balaban J connectivity index is 2.35. The van der Waals surface area contributed by atoms with E-state index in [1.54, 1.807) is 33.9 Å². The third kappa shape index (κ3) is 7.42. The maximum Gasteiger partial charge on any atom is 0.191 e. The van der Waals surface area contributed by atoms with Gasteiger partial charge < -0.3 is 10.6 Å². The van der Waals surface area contributed by atoms with Crippen molar-refractivity contribution in [3.05, 3.63) is 33.8 Å². The first-order valence-corrected chi connectivity index (χ1v) is 10.6. The van der Waals surface area contributed by atoms with Crippen molar-refractivity contribution in [1.82, 2.24) is 10.6 Å². The molecule has 2 N–H and O–H groups in total. The number of guanidine groups is 1. The SMILES string of the molecule is CN=C(NCCCc1ccc(Cl)cc1Cl)NCCS(=O)(=O)C(C)(C)C. The van der Waals surface area contributed by atoms with Crippen LogP contribution < -0.4 is 10.6 Å². The van der Waals surface area contributed by atoms with Crippen molar-refractivity contribution in [2.75, 3.05) is 25.9 Å². The lowest BCUT2D eigenvalue weighted by Crippen LogP contribution is -2.42. The minimum atomic E-state index is -3.14. The van der Waals surface area contributed by atoms with Crippen LogP contribution in [0.4, 0.5) is 0 Å². The Bertz CT molecular complexity index is 698. The summed E-state index contributed by atoms with van der Waals surface area (Å²) in [5.41, 5.74) is 1.05. The van der Waals surface area contributed by atoms with Crippen LogP contribution >= 0.6 is 23.2 Å². The van der Waals surface area contributed by atoms with Gasteiger partial charge in [0.15, 0.2) is 15.8 Å². The van der Waals surface area contributed by atoms with Crippen molar-refractivity contribution in [3.8, 4) is 0 Å². The Morgan fingerprint density at radius 3 is 2.36 bits per heavy atom. The predicted molar refractivity (Wildman–Crippen MR) is 108 cm³/mol. The lowest BCUT2D eigenvalue weighted by Gasteiger charge is -2.19. The number of aryl methyl sites for hydroxylation is 1. The fraction of sp³-hybridized carbons (Fsp3) is 0.588. The van der Waals surface area contributed by atoms with Crippen LogP contribution in [0.2, 0.25) is 10.0 Å². The van der Waals surface area contributed by atoms with Gasteiger partial charge in [-0.25, -0.2) is 8.42 Å². The Labute approximate surface area is 161 Å². The van der Waals surface area contributed by atoms with Crippen LogP contribution in [-0.2, 0) is 16.3 Å². The van der Waals surface area contributed by atoms with Gasteiger partial charge in [-0.2, -0.15) is 0 Å². The van der Waals surface area contributed by atoms with Gasteiger partial charge in [0, 0.05) is 30.2 Å². The van der Waals surface area contributed by atoms with Crippen molar-refractivity contribution in [2.24, 2.45) is 4.99 Å². The Kier molecular flexibility index (Phi) is 8.51. The molecule has 0 radical (unpaired) electrons. The molecule has 0 saturated heterocycles. The Morgan fingerprint density at radius 2 is 1.80 bits per heavy atom. The van der Waals surface area contributed by atoms with Crippen molar-refractivity contribution in [2.45, 2.75) is 38.4 Å². The second kappa shape index (κ2) is 9.64. The molecule has 1 aromatic rings. The van der Waals surface area contributed by atoms with Crippen molar-refractivity contribution >= 4 is 39.0 Å². The van der Waals surface area contributed by atoms with E-state index >= 15 is 0 Å². The number of hydrogen-bond acceptors (Lipinski definition) is 3. The van der Waals surface area contributed by atoms with Crippen LogP contribution in [0.5, 0.6) is 0 Å². The molecular weight excluding hydrogens is 381 g/mol. The second-order valence-corrected chi connectivity index (χ2v) is 10.4. The van der Waals surface area contributed by atoms with Crippen LogP contribution in [0.25, 0.3) is 0 Å². The van der Waals surface area contributed by atoms with E-state index in [0.29, 0.717) is 29.1 Å². The van der Waals surface area contributed by atoms with Gasteiger partial charge in [0.2, 0.25) is 0 Å². The molecule has 0 aromatic heterocycles. The highest BCUT2D eigenvalue weighted by Crippen LogP contribution is 2.21. The van der Waals surface area contributed by atoms with Gasteiger partial charge in [-0.3, -0.25) is 4.99 Å². The van der Waals surface area contributed by atoms with Crippen molar-refractivity contribution in [1.29, 1.82) is 0 Å². The fourth-order valence-electron chi connectivity index (χ4n) is 2.04. The van der Waals surface area contributed by atoms with E-state index < -0.39 is 14.6 Å². The second-order valence-electron chi connectivity index (χ2n) is 6.70. The molecular formula is C17H27Cl2N3O2S. The molecule has 0 heterocycles. The van der Waals surface area contributed by atoms with Crippen LogP contribution in [-0.4, -0.2) is 45.0 Å². The number of nitrogens with one attached hydrogen (secondary N) is 2. The van der Waals surface area contributed by atoms with Gasteiger partial charge in [0.1, 0.15) is 0 Å². The number of nitrogens with zero attached hydrogens (tertiary/aromatic N) is 1. The summed E-state index contributed by atoms with van der Waals surface area (Å²) in [6, 6.07) is 5.49. The third-order valence-corrected chi connectivity index (χ3v) is 6.94. The van der Waals surface area contributed by atoms with Gasteiger partial charge in [0.25, 0.3) is 0 Å². The highest BCUT2D eigenvalue weighted by atomic mass is 35.5. The standard InChI is InChI=1S/C17H27Cl2N3O2S/c1-17(2,3)25(23,24)11-10-22-16(20-4)21-9-5-6-13-7-8-14(18)12-15(13)19/h7-8,12H,5-6,9-11H2,1-4H3,(H2,20,21,22). The topological polar surface area (TPSA) is 70.6 Å². The molecule has 0 aliphatic rings. The van der Waals surface area contributed by atoms with Gasteiger partial charge in [0.05, 0.1) is 10.5 Å². The molecule has 0 unspecified atom stereocenters. The molecule has 0 aliphatic heterocycles. The number of benzene rings is 1. The number of aliphatic imine (C=N–C) groups is 1. The summed E-state index contributed by atoms with van der Waals surface area (Å²) in [5, 5.41) is 7.50. The zero-order valence-corrected chi connectivity index (χ0v) is 17.5. The molecule has 0 saturated carbocycles. The van der Waals surface area contributed by atoms with Gasteiger partial charge in [-0.1, -0.05) is 29.3 Å². The van der Waals surface area contributed by atoms with Gasteiger partial charge in [-0.05, 0) is 51.3 Å². The number of halogens is 2. The maximum absolute atomic E-state index is 12.1. The zero-order valence-electron chi connectivity index (χ0n) is 15.2. The van der Waals surface area contributed by atoms with E-state index in [4.69, 9.17) is 23.2 Å². The van der Waals surface area contributed by atoms with E-state index in [1.165, 1.54) is 0 Å². The van der Waals surface area contributed by atoms with E-state index in [9.17, 15) is 8.42 Å². The Morgan fingerprint density at radius 1 is 1.16 bits per heavy atom. The minimum Gasteiger partial charge on any atom is -0.356 e. The van der Waals surface area contributed by atoms with Gasteiger partial charge >= 0.3 is 0 Å². The highest BCUT2D eigenvalue weighted by Gasteiger charge is 2.28. The van der Waals surface area contributed by atoms with Gasteiger partial charge in [-0.15, -0.1) is 0 Å². The zero-order chi connectivity index (χ0) is 19.1. The molecule has 0 spiro atoms. The molecule has 0 fully saturated rings. The smallest absolute Gasteiger partial charge is 0.191 e. The first-order valence-electron chi connectivity index (χ1n) is 8.17. The van der Waals surface area contributed by atoms with E-state index in [1.807, 2.05) is 12.1 Å². The first-order chi connectivity index (χ1) is 11.6. The predicted octanol–water partition coefficient (Wildman–Crippen LogP) is 3.30. The largest absolute Gasteiger partial charge is 0.356 e. The molecule has 0 bridgehead atoms. The number of sulfone groups is 1. The average molecular weight is 408 g/mol. The summed E-state index contributed by atoms with van der Waals surface area (Å²) in [7, 11) is -1.49. The normalized spacial score (nSPS) is 13.0. The fourth-order valence-corrected chi connectivity index (χ4v) is 3.53. The molecule has 0 atom stereocenters. The van der Waals surface area contributed by atoms with E-state index in [2.05, 4.69) is 15.6 Å². The molecule has 5 nitrogen and oxygen atoms in total. The maximum atomic E-state index is 12.1. The quantitative estimate of drug-likeness (QED) is 0.413. The molecule has 142 valence electrons. The van der Waals surface area contributed by atoms with Crippen LogP contribution in [0.3, 0.4) is 0 Å². The lowest BCUT2D eigenvalue weighted by atomic mass is 10.1. The number of rotatable bonds is 7. The summed E-state index contributed by atoms with van der Waals surface area (Å²) >= 11 is 12.0. The van der Waals surface area contributed by atoms with Crippen molar-refractivity contribution < 1.29 is 8.42 Å².